The molecule has 0 aromatic heterocycles. The van der Waals surface area contributed by atoms with Gasteiger partial charge in [0.2, 0.25) is 11.8 Å². The number of carbonyl (C=O) groups is 2. The first-order chi connectivity index (χ1) is 19.5. The van der Waals surface area contributed by atoms with Crippen molar-refractivity contribution in [1.29, 1.82) is 0 Å². The standard InChI is InChI=1S/C30H34Cl3N3O4S/c1-4-6-18-34-30(38)28(5-2)35(19-25-26(32)8-7-9-27(25)33)29(37)20-36(23-14-12-22(31)13-15-23)41(39,40)24-16-10-21(3)11-17-24/h7-17,28H,4-6,18-20H2,1-3H3,(H,34,38)/t28-/m0/s1. The SMILES string of the molecule is CCCCNC(=O)[C@H](CC)N(Cc1c(Cl)cccc1Cl)C(=O)CN(c1ccc(Cl)cc1)S(=O)(=O)c1ccc(C)cc1. The molecule has 0 heterocycles. The van der Waals surface area contributed by atoms with Gasteiger partial charge in [-0.2, -0.15) is 0 Å². The second-order valence-electron chi connectivity index (χ2n) is 9.59. The van der Waals surface area contributed by atoms with Crippen LogP contribution in [0.2, 0.25) is 15.1 Å². The summed E-state index contributed by atoms with van der Waals surface area (Å²) < 4.78 is 28.8. The van der Waals surface area contributed by atoms with Crippen LogP contribution in [0.5, 0.6) is 0 Å². The number of nitrogens with one attached hydrogen (secondary N) is 1. The Balaban J connectivity index is 2.07. The van der Waals surface area contributed by atoms with Crippen molar-refractivity contribution in [3.8, 4) is 0 Å². The molecule has 0 saturated heterocycles. The lowest BCUT2D eigenvalue weighted by molar-refractivity contribution is -0.140. The predicted molar refractivity (Wildman–Crippen MR) is 166 cm³/mol. The predicted octanol–water partition coefficient (Wildman–Crippen LogP) is 6.87. The van der Waals surface area contributed by atoms with Crippen molar-refractivity contribution >= 4 is 62.3 Å². The summed E-state index contributed by atoms with van der Waals surface area (Å²) in [7, 11) is -4.18. The molecule has 0 spiro atoms. The Bertz CT molecular complexity index is 1430. The van der Waals surface area contributed by atoms with Gasteiger partial charge in [-0.25, -0.2) is 8.42 Å². The summed E-state index contributed by atoms with van der Waals surface area (Å²) >= 11 is 19.0. The zero-order valence-electron chi connectivity index (χ0n) is 23.2. The number of nitrogens with zero attached hydrogens (tertiary/aromatic N) is 2. The lowest BCUT2D eigenvalue weighted by atomic mass is 10.1. The average Bonchev–Trinajstić information content (AvgIpc) is 2.94. The minimum Gasteiger partial charge on any atom is -0.354 e. The van der Waals surface area contributed by atoms with Crippen molar-refractivity contribution in [2.24, 2.45) is 0 Å². The number of aryl methyl sites for hydroxylation is 1. The maximum absolute atomic E-state index is 14.1. The van der Waals surface area contributed by atoms with E-state index >= 15 is 0 Å². The monoisotopic (exact) mass is 637 g/mol. The van der Waals surface area contributed by atoms with Gasteiger partial charge in [-0.1, -0.05) is 78.8 Å². The summed E-state index contributed by atoms with van der Waals surface area (Å²) in [6, 6.07) is 16.6. The molecule has 41 heavy (non-hydrogen) atoms. The van der Waals surface area contributed by atoms with E-state index in [9.17, 15) is 18.0 Å². The normalized spacial score (nSPS) is 12.0. The zero-order chi connectivity index (χ0) is 30.2. The highest BCUT2D eigenvalue weighted by Crippen LogP contribution is 2.29. The van der Waals surface area contributed by atoms with E-state index in [4.69, 9.17) is 34.8 Å². The Morgan fingerprint density at radius 1 is 0.902 bits per heavy atom. The van der Waals surface area contributed by atoms with Gasteiger partial charge in [0.1, 0.15) is 12.6 Å². The lowest BCUT2D eigenvalue weighted by Crippen LogP contribution is -2.52. The fourth-order valence-electron chi connectivity index (χ4n) is 4.25. The third kappa shape index (κ3) is 8.38. The molecule has 1 N–H and O–H groups in total. The van der Waals surface area contributed by atoms with Gasteiger partial charge in [-0.3, -0.25) is 13.9 Å². The first-order valence-corrected chi connectivity index (χ1v) is 15.9. The molecule has 0 aliphatic carbocycles. The summed E-state index contributed by atoms with van der Waals surface area (Å²) in [5.41, 5.74) is 1.60. The lowest BCUT2D eigenvalue weighted by Gasteiger charge is -2.33. The van der Waals surface area contributed by atoms with Gasteiger partial charge in [-0.05, 0) is 68.3 Å². The molecule has 0 bridgehead atoms. The molecular formula is C30H34Cl3N3O4S. The topological polar surface area (TPSA) is 86.8 Å². The molecule has 0 aliphatic heterocycles. The van der Waals surface area contributed by atoms with Crippen molar-refractivity contribution < 1.29 is 18.0 Å². The van der Waals surface area contributed by atoms with E-state index in [1.54, 1.807) is 49.4 Å². The number of carbonyl (C=O) groups excluding carboxylic acids is 2. The van der Waals surface area contributed by atoms with Crippen LogP contribution in [0, 0.1) is 6.92 Å². The molecule has 0 radical (unpaired) electrons. The van der Waals surface area contributed by atoms with Crippen LogP contribution in [-0.4, -0.2) is 44.3 Å². The summed E-state index contributed by atoms with van der Waals surface area (Å²) in [5, 5.41) is 3.97. The van der Waals surface area contributed by atoms with Crippen LogP contribution in [0.1, 0.15) is 44.2 Å². The number of amides is 2. The Morgan fingerprint density at radius 2 is 1.51 bits per heavy atom. The number of anilines is 1. The largest absolute Gasteiger partial charge is 0.354 e. The summed E-state index contributed by atoms with van der Waals surface area (Å²) in [6.07, 6.45) is 1.96. The van der Waals surface area contributed by atoms with Gasteiger partial charge in [0.25, 0.3) is 10.0 Å². The third-order valence-corrected chi connectivity index (χ3v) is 9.36. The summed E-state index contributed by atoms with van der Waals surface area (Å²) in [6.45, 7) is 5.45. The number of hydrogen-bond acceptors (Lipinski definition) is 4. The summed E-state index contributed by atoms with van der Waals surface area (Å²) in [5.74, 6) is -0.930. The maximum atomic E-state index is 14.1. The first-order valence-electron chi connectivity index (χ1n) is 13.3. The minimum atomic E-state index is -4.18. The Hall–Kier alpha value is -2.78. The average molecular weight is 639 g/mol. The zero-order valence-corrected chi connectivity index (χ0v) is 26.3. The molecule has 2 amide bonds. The highest BCUT2D eigenvalue weighted by Gasteiger charge is 2.34. The van der Waals surface area contributed by atoms with Crippen LogP contribution < -0.4 is 9.62 Å². The van der Waals surface area contributed by atoms with Gasteiger partial charge in [0, 0.05) is 33.7 Å². The van der Waals surface area contributed by atoms with E-state index in [1.807, 2.05) is 13.8 Å². The number of unbranched alkanes of at least 4 members (excludes halogenated alkanes) is 1. The van der Waals surface area contributed by atoms with E-state index in [1.165, 1.54) is 29.2 Å². The third-order valence-electron chi connectivity index (χ3n) is 6.61. The van der Waals surface area contributed by atoms with Gasteiger partial charge < -0.3 is 10.2 Å². The molecular weight excluding hydrogens is 605 g/mol. The highest BCUT2D eigenvalue weighted by atomic mass is 35.5. The number of sulfonamides is 1. The molecule has 11 heteroatoms. The van der Waals surface area contributed by atoms with Gasteiger partial charge in [0.05, 0.1) is 10.6 Å². The molecule has 3 aromatic carbocycles. The van der Waals surface area contributed by atoms with Gasteiger partial charge in [-0.15, -0.1) is 0 Å². The number of hydrogen-bond donors (Lipinski definition) is 1. The molecule has 0 saturated carbocycles. The molecule has 0 aliphatic rings. The second kappa shape index (κ2) is 14.9. The van der Waals surface area contributed by atoms with Gasteiger partial charge in [0.15, 0.2) is 0 Å². The first kappa shape index (κ1) is 32.7. The van der Waals surface area contributed by atoms with Crippen molar-refractivity contribution in [3.63, 3.8) is 0 Å². The van der Waals surface area contributed by atoms with Crippen LogP contribution in [-0.2, 0) is 26.2 Å². The van der Waals surface area contributed by atoms with E-state index in [0.717, 1.165) is 22.7 Å². The number of halogens is 3. The molecule has 0 fully saturated rings. The summed E-state index contributed by atoms with van der Waals surface area (Å²) in [4.78, 5) is 28.8. The molecule has 3 aromatic rings. The number of benzene rings is 3. The number of rotatable bonds is 13. The van der Waals surface area contributed by atoms with Crippen molar-refractivity contribution in [2.75, 3.05) is 17.4 Å². The minimum absolute atomic E-state index is 0.0240. The Morgan fingerprint density at radius 3 is 2.07 bits per heavy atom. The smallest absolute Gasteiger partial charge is 0.264 e. The van der Waals surface area contributed by atoms with Crippen molar-refractivity contribution in [3.05, 3.63) is 92.9 Å². The second-order valence-corrected chi connectivity index (χ2v) is 12.7. The Kier molecular flexibility index (Phi) is 11.9. The van der Waals surface area contributed by atoms with Crippen LogP contribution in [0.4, 0.5) is 5.69 Å². The molecule has 220 valence electrons. The fourth-order valence-corrected chi connectivity index (χ4v) is 6.31. The quantitative estimate of drug-likeness (QED) is 0.207. The van der Waals surface area contributed by atoms with Crippen LogP contribution >= 0.6 is 34.8 Å². The van der Waals surface area contributed by atoms with E-state index in [2.05, 4.69) is 5.32 Å². The fraction of sp³-hybridized carbons (Fsp3) is 0.333. The Labute approximate surface area is 257 Å². The van der Waals surface area contributed by atoms with E-state index < -0.39 is 28.5 Å². The highest BCUT2D eigenvalue weighted by molar-refractivity contribution is 7.92. The van der Waals surface area contributed by atoms with Crippen LogP contribution in [0.3, 0.4) is 0 Å². The molecule has 1 atom stereocenters. The van der Waals surface area contributed by atoms with Crippen LogP contribution in [0.25, 0.3) is 0 Å². The van der Waals surface area contributed by atoms with Crippen LogP contribution in [0.15, 0.2) is 71.6 Å². The van der Waals surface area contributed by atoms with Crippen molar-refractivity contribution in [1.82, 2.24) is 10.2 Å². The molecule has 7 nitrogen and oxygen atoms in total. The molecule has 0 unspecified atom stereocenters. The van der Waals surface area contributed by atoms with E-state index in [-0.39, 0.29) is 29.5 Å². The maximum Gasteiger partial charge on any atom is 0.264 e. The van der Waals surface area contributed by atoms with Gasteiger partial charge >= 0.3 is 0 Å². The van der Waals surface area contributed by atoms with Crippen molar-refractivity contribution in [2.45, 2.75) is 57.5 Å². The molecule has 3 rings (SSSR count). The van der Waals surface area contributed by atoms with E-state index in [0.29, 0.717) is 27.2 Å².